The predicted molar refractivity (Wildman–Crippen MR) is 112 cm³/mol. The number of aliphatic carboxylic acids is 1. The van der Waals surface area contributed by atoms with Gasteiger partial charge < -0.3 is 15.2 Å². The standard InChI is InChI=1S/C23H21NO4S/c1-14-15(10-11-29-14)21(12-22(25)26)24-23(27)28-13-20-18-8-4-2-6-16(18)17-7-3-5-9-19(17)20/h2-11,20-21H,12-13H2,1H3,(H,24,27)(H,25,26)/t21-/m0/s1. The second-order valence-corrected chi connectivity index (χ2v) is 8.17. The lowest BCUT2D eigenvalue weighted by Crippen LogP contribution is -2.31. The van der Waals surface area contributed by atoms with E-state index in [1.165, 1.54) is 11.3 Å². The third-order valence-electron chi connectivity index (χ3n) is 5.29. The van der Waals surface area contributed by atoms with Crippen molar-refractivity contribution in [3.05, 3.63) is 81.5 Å². The molecule has 6 heteroatoms. The molecule has 0 unspecified atom stereocenters. The van der Waals surface area contributed by atoms with Crippen molar-refractivity contribution in [1.29, 1.82) is 0 Å². The highest BCUT2D eigenvalue weighted by molar-refractivity contribution is 7.10. The van der Waals surface area contributed by atoms with E-state index < -0.39 is 18.1 Å². The van der Waals surface area contributed by atoms with Gasteiger partial charge in [-0.25, -0.2) is 4.79 Å². The predicted octanol–water partition coefficient (Wildman–Crippen LogP) is 5.11. The van der Waals surface area contributed by atoms with E-state index in [0.717, 1.165) is 32.7 Å². The Hall–Kier alpha value is -3.12. The average Bonchev–Trinajstić information content (AvgIpc) is 3.27. The van der Waals surface area contributed by atoms with E-state index in [1.807, 2.05) is 42.6 Å². The largest absolute Gasteiger partial charge is 0.481 e. The average molecular weight is 407 g/mol. The summed E-state index contributed by atoms with van der Waals surface area (Å²) in [6.07, 6.45) is -0.800. The van der Waals surface area contributed by atoms with Gasteiger partial charge >= 0.3 is 12.1 Å². The van der Waals surface area contributed by atoms with Crippen LogP contribution in [0, 0.1) is 6.92 Å². The van der Waals surface area contributed by atoms with Crippen molar-refractivity contribution >= 4 is 23.4 Å². The minimum Gasteiger partial charge on any atom is -0.481 e. The Morgan fingerprint density at radius 1 is 1.07 bits per heavy atom. The summed E-state index contributed by atoms with van der Waals surface area (Å²) in [6.45, 7) is 2.11. The molecule has 0 spiro atoms. The van der Waals surface area contributed by atoms with E-state index in [4.69, 9.17) is 4.74 Å². The van der Waals surface area contributed by atoms with Gasteiger partial charge in [-0.15, -0.1) is 11.3 Å². The molecule has 4 rings (SSSR count). The zero-order chi connectivity index (χ0) is 20.4. The van der Waals surface area contributed by atoms with Gasteiger partial charge in [-0.05, 0) is 46.2 Å². The lowest BCUT2D eigenvalue weighted by Gasteiger charge is -2.19. The van der Waals surface area contributed by atoms with E-state index in [1.54, 1.807) is 0 Å². The van der Waals surface area contributed by atoms with E-state index >= 15 is 0 Å². The minimum absolute atomic E-state index is 0.0334. The maximum atomic E-state index is 12.5. The number of carboxylic acids is 1. The quantitative estimate of drug-likeness (QED) is 0.595. The number of nitrogens with one attached hydrogen (secondary N) is 1. The Balaban J connectivity index is 1.48. The van der Waals surface area contributed by atoms with Crippen molar-refractivity contribution in [3.63, 3.8) is 0 Å². The lowest BCUT2D eigenvalue weighted by atomic mass is 9.98. The van der Waals surface area contributed by atoms with E-state index in [9.17, 15) is 14.7 Å². The van der Waals surface area contributed by atoms with Crippen molar-refractivity contribution in [2.75, 3.05) is 6.61 Å². The fraction of sp³-hybridized carbons (Fsp3) is 0.217. The van der Waals surface area contributed by atoms with Gasteiger partial charge in [-0.2, -0.15) is 0 Å². The first-order valence-corrected chi connectivity index (χ1v) is 10.3. The molecule has 0 saturated carbocycles. The Labute approximate surface area is 173 Å². The molecule has 3 aromatic rings. The Morgan fingerprint density at radius 2 is 1.69 bits per heavy atom. The number of carbonyl (C=O) groups is 2. The maximum Gasteiger partial charge on any atom is 0.407 e. The number of aryl methyl sites for hydroxylation is 1. The van der Waals surface area contributed by atoms with Crippen molar-refractivity contribution in [1.82, 2.24) is 5.32 Å². The Bertz CT molecular complexity index is 1010. The first-order valence-electron chi connectivity index (χ1n) is 9.42. The number of thiophene rings is 1. The molecule has 0 saturated heterocycles. The monoisotopic (exact) mass is 407 g/mol. The number of fused-ring (bicyclic) bond motifs is 3. The van der Waals surface area contributed by atoms with E-state index in [0.29, 0.717) is 0 Å². The summed E-state index contributed by atoms with van der Waals surface area (Å²) >= 11 is 1.52. The van der Waals surface area contributed by atoms with Crippen molar-refractivity contribution in [3.8, 4) is 11.1 Å². The summed E-state index contributed by atoms with van der Waals surface area (Å²) in [5, 5.41) is 13.8. The van der Waals surface area contributed by atoms with Gasteiger partial charge in [0.15, 0.2) is 0 Å². The number of amides is 1. The van der Waals surface area contributed by atoms with E-state index in [2.05, 4.69) is 29.6 Å². The molecule has 0 aliphatic heterocycles. The molecule has 1 aromatic heterocycles. The van der Waals surface area contributed by atoms with Gasteiger partial charge in [0.2, 0.25) is 0 Å². The summed E-state index contributed by atoms with van der Waals surface area (Å²) in [5.74, 6) is -1.01. The highest BCUT2D eigenvalue weighted by Crippen LogP contribution is 2.44. The smallest absolute Gasteiger partial charge is 0.407 e. The third-order valence-corrected chi connectivity index (χ3v) is 6.15. The fourth-order valence-electron chi connectivity index (χ4n) is 3.95. The van der Waals surface area contributed by atoms with Crippen LogP contribution < -0.4 is 5.32 Å². The zero-order valence-corrected chi connectivity index (χ0v) is 16.7. The molecule has 29 heavy (non-hydrogen) atoms. The van der Waals surface area contributed by atoms with Gasteiger partial charge in [-0.3, -0.25) is 4.79 Å². The molecule has 2 N–H and O–H groups in total. The SMILES string of the molecule is Cc1sccc1[C@H](CC(=O)O)NC(=O)OCC1c2ccccc2-c2ccccc21. The second-order valence-electron chi connectivity index (χ2n) is 7.05. The fourth-order valence-corrected chi connectivity index (χ4v) is 4.72. The Kier molecular flexibility index (Phi) is 5.36. The van der Waals surface area contributed by atoms with Crippen LogP contribution in [-0.2, 0) is 9.53 Å². The zero-order valence-electron chi connectivity index (χ0n) is 15.9. The van der Waals surface area contributed by atoms with Crippen LogP contribution in [0.2, 0.25) is 0 Å². The van der Waals surface area contributed by atoms with Crippen molar-refractivity contribution < 1.29 is 19.4 Å². The molecule has 1 aliphatic carbocycles. The second kappa shape index (κ2) is 8.09. The van der Waals surface area contributed by atoms with Gasteiger partial charge in [-0.1, -0.05) is 48.5 Å². The highest BCUT2D eigenvalue weighted by Gasteiger charge is 2.29. The number of carbonyl (C=O) groups excluding carboxylic acids is 1. The van der Waals surface area contributed by atoms with Gasteiger partial charge in [0, 0.05) is 10.8 Å². The van der Waals surface area contributed by atoms with Gasteiger partial charge in [0.1, 0.15) is 6.61 Å². The summed E-state index contributed by atoms with van der Waals surface area (Å²) in [4.78, 5) is 24.7. The molecule has 5 nitrogen and oxygen atoms in total. The number of alkyl carbamates (subject to hydrolysis) is 1. The summed E-state index contributed by atoms with van der Waals surface area (Å²) < 4.78 is 5.55. The molecule has 1 atom stereocenters. The highest BCUT2D eigenvalue weighted by atomic mass is 32.1. The van der Waals surface area contributed by atoms with E-state index in [-0.39, 0.29) is 18.9 Å². The molecule has 148 valence electrons. The van der Waals surface area contributed by atoms with Crippen molar-refractivity contribution in [2.24, 2.45) is 0 Å². The van der Waals surface area contributed by atoms with Gasteiger partial charge in [0.05, 0.1) is 12.5 Å². The van der Waals surface area contributed by atoms with Crippen LogP contribution in [0.4, 0.5) is 4.79 Å². The molecule has 2 aromatic carbocycles. The molecule has 1 aliphatic rings. The molecule has 0 fully saturated rings. The lowest BCUT2D eigenvalue weighted by molar-refractivity contribution is -0.137. The molecule has 1 amide bonds. The van der Waals surface area contributed by atoms with Crippen LogP contribution in [0.1, 0.15) is 39.9 Å². The molecular weight excluding hydrogens is 386 g/mol. The third kappa shape index (κ3) is 3.89. The summed E-state index contributed by atoms with van der Waals surface area (Å²) in [7, 11) is 0. The summed E-state index contributed by atoms with van der Waals surface area (Å²) in [5.41, 5.74) is 5.41. The molecule has 0 radical (unpaired) electrons. The first-order chi connectivity index (χ1) is 14.0. The minimum atomic E-state index is -0.973. The van der Waals surface area contributed by atoms with Crippen LogP contribution in [0.15, 0.2) is 60.0 Å². The van der Waals surface area contributed by atoms with Crippen LogP contribution in [-0.4, -0.2) is 23.8 Å². The number of benzene rings is 2. The normalized spacial score (nSPS) is 13.4. The number of rotatable bonds is 6. The summed E-state index contributed by atoms with van der Waals surface area (Å²) in [6, 6.07) is 17.5. The molecule has 0 bridgehead atoms. The van der Waals surface area contributed by atoms with Crippen LogP contribution >= 0.6 is 11.3 Å². The Morgan fingerprint density at radius 3 is 2.24 bits per heavy atom. The first kappa shape index (κ1) is 19.2. The maximum absolute atomic E-state index is 12.5. The molecular formula is C23H21NO4S. The topological polar surface area (TPSA) is 75.6 Å². The van der Waals surface area contributed by atoms with Crippen LogP contribution in [0.5, 0.6) is 0 Å². The molecule has 1 heterocycles. The number of ether oxygens (including phenoxy) is 1. The number of hydrogen-bond donors (Lipinski definition) is 2. The van der Waals surface area contributed by atoms with Crippen molar-refractivity contribution in [2.45, 2.75) is 25.3 Å². The van der Waals surface area contributed by atoms with Crippen LogP contribution in [0.3, 0.4) is 0 Å². The van der Waals surface area contributed by atoms with Gasteiger partial charge in [0.25, 0.3) is 0 Å². The number of carboxylic acid groups (broad SMARTS) is 1. The van der Waals surface area contributed by atoms with Crippen LogP contribution in [0.25, 0.3) is 11.1 Å². The number of hydrogen-bond acceptors (Lipinski definition) is 4.